The Morgan fingerprint density at radius 3 is 1.55 bits per heavy atom. The van der Waals surface area contributed by atoms with Crippen LogP contribution >= 0.6 is 0 Å². The fourth-order valence-corrected chi connectivity index (χ4v) is 0.406. The second-order valence-electron chi connectivity index (χ2n) is 1.52. The minimum atomic E-state index is -3.67. The van der Waals surface area contributed by atoms with Gasteiger partial charge in [-0.05, 0) is 12.2 Å². The lowest BCUT2D eigenvalue weighted by molar-refractivity contribution is 0.535. The molecule has 0 unspecified atom stereocenters. The minimum absolute atomic E-state index is 1.88. The number of allylic oxidation sites excluding steroid dienone is 4. The van der Waals surface area contributed by atoms with E-state index in [0.717, 1.165) is 0 Å². The molecule has 60 valence electrons. The maximum Gasteiger partial charge on any atom is 0.762 e. The highest BCUT2D eigenvalue weighted by Crippen LogP contribution is 1.81. The largest absolute Gasteiger partial charge is 0.762 e. The van der Waals surface area contributed by atoms with E-state index >= 15 is 0 Å². The highest BCUT2D eigenvalue weighted by molar-refractivity contribution is 6.33. The summed E-state index contributed by atoms with van der Waals surface area (Å²) in [5.41, 5.74) is 0. The van der Waals surface area contributed by atoms with Gasteiger partial charge in [0, 0.05) is 12.4 Å². The fourth-order valence-electron chi connectivity index (χ4n) is 0.406. The first kappa shape index (κ1) is 9.87. The van der Waals surface area contributed by atoms with Gasteiger partial charge in [0.1, 0.15) is 0 Å². The monoisotopic (exact) mass is 161 g/mol. The Hall–Kier alpha value is -1.13. The van der Waals surface area contributed by atoms with Crippen LogP contribution in [0.3, 0.4) is 0 Å². The average Bonchev–Trinajstić information content (AvgIpc) is 2.13. The van der Waals surface area contributed by atoms with E-state index in [9.17, 15) is 12.9 Å². The van der Waals surface area contributed by atoms with Gasteiger partial charge in [-0.15, -0.1) is 0 Å². The first-order valence-corrected chi connectivity index (χ1v) is 2.90. The van der Waals surface area contributed by atoms with Crippen molar-refractivity contribution in [3.8, 4) is 0 Å². The second-order valence-corrected chi connectivity index (χ2v) is 1.52. The highest BCUT2D eigenvalue weighted by atomic mass is 19.4. The molecule has 0 radical (unpaired) electrons. The van der Waals surface area contributed by atoms with Gasteiger partial charge in [-0.25, -0.2) is 0 Å². The van der Waals surface area contributed by atoms with Crippen molar-refractivity contribution in [3.05, 3.63) is 36.7 Å². The van der Waals surface area contributed by atoms with Crippen LogP contribution in [0.25, 0.3) is 0 Å². The van der Waals surface area contributed by atoms with E-state index in [0.29, 0.717) is 0 Å². The van der Waals surface area contributed by atoms with Crippen molar-refractivity contribution >= 4 is 7.54 Å². The van der Waals surface area contributed by atoms with Crippen molar-refractivity contribution in [2.45, 2.75) is 0 Å². The third-order valence-corrected chi connectivity index (χ3v) is 0.718. The third kappa shape index (κ3) is 12.2. The van der Waals surface area contributed by atoms with E-state index in [1.54, 1.807) is 0 Å². The summed E-state index contributed by atoms with van der Waals surface area (Å²) in [6, 6.07) is 0. The fraction of sp³-hybridized carbons (Fsp3) is 0. The van der Waals surface area contributed by atoms with E-state index in [4.69, 9.17) is 0 Å². The van der Waals surface area contributed by atoms with Gasteiger partial charge in [0.25, 0.3) is 0 Å². The molecule has 1 nitrogen and oxygen atoms in total. The van der Waals surface area contributed by atoms with Gasteiger partial charge in [0.05, 0.1) is 0 Å². The van der Waals surface area contributed by atoms with Gasteiger partial charge in [0.2, 0.25) is 0 Å². The van der Waals surface area contributed by atoms with Crippen molar-refractivity contribution in [2.24, 2.45) is 0 Å². The molecule has 1 N–H and O–H groups in total. The summed E-state index contributed by atoms with van der Waals surface area (Å²) >= 11 is 0. The summed E-state index contributed by atoms with van der Waals surface area (Å²) in [7, 11) is -3.67. The first-order valence-electron chi connectivity index (χ1n) is 2.90. The Balaban J connectivity index is 0.000000218. The molecule has 0 atom stereocenters. The van der Waals surface area contributed by atoms with Crippen molar-refractivity contribution < 1.29 is 12.9 Å². The van der Waals surface area contributed by atoms with Gasteiger partial charge in [-0.2, -0.15) is 0 Å². The van der Waals surface area contributed by atoms with Crippen LogP contribution in [0.1, 0.15) is 0 Å². The standard InChI is InChI=1S/C6H7N.BF3/c1-2-4-6-7-5-3-1;2-1(3)4/h1-7H;. The molecule has 11 heavy (non-hydrogen) atoms. The number of hydrogen-bond acceptors (Lipinski definition) is 1. The van der Waals surface area contributed by atoms with Gasteiger partial charge in [0.15, 0.2) is 0 Å². The zero-order valence-electron chi connectivity index (χ0n) is 5.68. The van der Waals surface area contributed by atoms with Crippen molar-refractivity contribution in [2.75, 3.05) is 0 Å². The Morgan fingerprint density at radius 1 is 0.818 bits per heavy atom. The summed E-state index contributed by atoms with van der Waals surface area (Å²) in [6.45, 7) is 0. The van der Waals surface area contributed by atoms with Crippen LogP contribution in [-0.2, 0) is 0 Å². The molecule has 1 heterocycles. The Morgan fingerprint density at radius 2 is 1.18 bits per heavy atom. The molecular formula is C6H7BF3N. The number of hydrogen-bond donors (Lipinski definition) is 1. The average molecular weight is 161 g/mol. The Kier molecular flexibility index (Phi) is 6.27. The number of rotatable bonds is 0. The van der Waals surface area contributed by atoms with Gasteiger partial charge in [-0.3, -0.25) is 12.9 Å². The molecule has 0 aromatic heterocycles. The lowest BCUT2D eigenvalue weighted by atomic mass is 10.5. The van der Waals surface area contributed by atoms with Gasteiger partial charge < -0.3 is 5.32 Å². The van der Waals surface area contributed by atoms with Crippen LogP contribution in [0.2, 0.25) is 0 Å². The third-order valence-electron chi connectivity index (χ3n) is 0.718. The molecule has 0 saturated carbocycles. The Bertz CT molecular complexity index is 148. The predicted octanol–water partition coefficient (Wildman–Crippen LogP) is 2.05. The maximum absolute atomic E-state index is 9.67. The van der Waals surface area contributed by atoms with E-state index in [1.807, 2.05) is 36.7 Å². The molecule has 0 amide bonds. The summed E-state index contributed by atoms with van der Waals surface area (Å²) in [5, 5.41) is 2.92. The predicted molar refractivity (Wildman–Crippen MR) is 39.6 cm³/mol. The quantitative estimate of drug-likeness (QED) is 0.536. The summed E-state index contributed by atoms with van der Waals surface area (Å²) in [5.74, 6) is 0. The second kappa shape index (κ2) is 6.99. The maximum atomic E-state index is 9.67. The molecule has 1 aliphatic heterocycles. The summed E-state index contributed by atoms with van der Waals surface area (Å²) < 4.78 is 29.0. The zero-order valence-corrected chi connectivity index (χ0v) is 5.68. The van der Waals surface area contributed by atoms with E-state index in [2.05, 4.69) is 5.32 Å². The molecule has 0 aliphatic carbocycles. The van der Waals surface area contributed by atoms with E-state index in [-0.39, 0.29) is 0 Å². The molecule has 1 aliphatic rings. The molecule has 1 rings (SSSR count). The lowest BCUT2D eigenvalue weighted by Gasteiger charge is -1.79. The van der Waals surface area contributed by atoms with Crippen LogP contribution in [0.4, 0.5) is 12.9 Å². The SMILES string of the molecule is C1=CC=CNC=C1.FB(F)F. The van der Waals surface area contributed by atoms with E-state index < -0.39 is 7.54 Å². The van der Waals surface area contributed by atoms with Crippen LogP contribution in [0.5, 0.6) is 0 Å². The first-order chi connectivity index (χ1) is 5.23. The van der Waals surface area contributed by atoms with Crippen molar-refractivity contribution in [1.82, 2.24) is 5.32 Å². The zero-order chi connectivity index (χ0) is 8.53. The smallest absolute Gasteiger partial charge is 0.368 e. The summed E-state index contributed by atoms with van der Waals surface area (Å²) in [6.07, 6.45) is 11.6. The molecule has 0 bridgehead atoms. The molecule has 0 aromatic carbocycles. The normalized spacial score (nSPS) is 12.6. The van der Waals surface area contributed by atoms with Crippen molar-refractivity contribution in [3.63, 3.8) is 0 Å². The molecule has 0 spiro atoms. The number of nitrogens with one attached hydrogen (secondary N) is 1. The molecule has 0 aromatic rings. The van der Waals surface area contributed by atoms with Gasteiger partial charge in [-0.1, -0.05) is 12.2 Å². The van der Waals surface area contributed by atoms with Crippen LogP contribution in [-0.4, -0.2) is 7.54 Å². The minimum Gasteiger partial charge on any atom is -0.368 e. The van der Waals surface area contributed by atoms with Crippen molar-refractivity contribution in [1.29, 1.82) is 0 Å². The Labute approximate surface area is 63.5 Å². The van der Waals surface area contributed by atoms with Crippen LogP contribution in [0.15, 0.2) is 36.7 Å². The molecular weight excluding hydrogens is 154 g/mol. The van der Waals surface area contributed by atoms with Crippen LogP contribution < -0.4 is 5.32 Å². The molecule has 5 heteroatoms. The highest BCUT2D eigenvalue weighted by Gasteiger charge is 2.06. The number of halogens is 3. The molecule has 0 saturated heterocycles. The van der Waals surface area contributed by atoms with Crippen LogP contribution in [0, 0.1) is 0 Å². The van der Waals surface area contributed by atoms with E-state index in [1.165, 1.54) is 0 Å². The molecule has 0 fully saturated rings. The summed E-state index contributed by atoms with van der Waals surface area (Å²) in [4.78, 5) is 0. The van der Waals surface area contributed by atoms with Gasteiger partial charge >= 0.3 is 7.54 Å². The topological polar surface area (TPSA) is 12.0 Å². The lowest BCUT2D eigenvalue weighted by Crippen LogP contribution is -1.87.